The molecule has 1 fully saturated rings. The number of nitrogens with one attached hydrogen (secondary N) is 1. The van der Waals surface area contributed by atoms with Crippen LogP contribution < -0.4 is 10.2 Å². The standard InChI is InChI=1S/C16H28N4/c1-4-14-6-5-9-20(12-14)16-8-7-15(18-19-16)11-17-10-13(2)3/h7-8,13-14,17H,4-6,9-12H2,1-3H3. The summed E-state index contributed by atoms with van der Waals surface area (Å²) in [6, 6.07) is 4.22. The molecular formula is C16H28N4. The Morgan fingerprint density at radius 3 is 2.85 bits per heavy atom. The van der Waals surface area contributed by atoms with Crippen LogP contribution in [0.3, 0.4) is 0 Å². The molecule has 1 aromatic heterocycles. The monoisotopic (exact) mass is 276 g/mol. The molecule has 4 heteroatoms. The van der Waals surface area contributed by atoms with Crippen LogP contribution in [0.25, 0.3) is 0 Å². The Bertz CT molecular complexity index is 388. The number of hydrogen-bond donors (Lipinski definition) is 1. The summed E-state index contributed by atoms with van der Waals surface area (Å²) in [5, 5.41) is 12.2. The first-order valence-electron chi connectivity index (χ1n) is 7.97. The van der Waals surface area contributed by atoms with E-state index in [0.717, 1.165) is 43.6 Å². The Kier molecular flexibility index (Phi) is 5.77. The van der Waals surface area contributed by atoms with E-state index in [1.807, 2.05) is 0 Å². The molecule has 1 atom stereocenters. The number of hydrogen-bond acceptors (Lipinski definition) is 4. The Morgan fingerprint density at radius 2 is 2.20 bits per heavy atom. The fraction of sp³-hybridized carbons (Fsp3) is 0.750. The summed E-state index contributed by atoms with van der Waals surface area (Å²) in [5.41, 5.74) is 1.03. The lowest BCUT2D eigenvalue weighted by molar-refractivity contribution is 0.402. The van der Waals surface area contributed by atoms with E-state index < -0.39 is 0 Å². The normalized spacial score (nSPS) is 19.6. The van der Waals surface area contributed by atoms with E-state index in [1.165, 1.54) is 19.3 Å². The van der Waals surface area contributed by atoms with Crippen LogP contribution in [0, 0.1) is 11.8 Å². The average Bonchev–Trinajstić information content (AvgIpc) is 2.48. The maximum absolute atomic E-state index is 4.40. The fourth-order valence-electron chi connectivity index (χ4n) is 2.71. The molecule has 0 radical (unpaired) electrons. The molecular weight excluding hydrogens is 248 g/mol. The molecule has 112 valence electrons. The van der Waals surface area contributed by atoms with Crippen LogP contribution in [-0.2, 0) is 6.54 Å². The molecule has 1 aliphatic heterocycles. The van der Waals surface area contributed by atoms with Crippen molar-refractivity contribution in [3.05, 3.63) is 17.8 Å². The Labute approximate surface area is 123 Å². The predicted octanol–water partition coefficient (Wildman–Crippen LogP) is 2.85. The average molecular weight is 276 g/mol. The van der Waals surface area contributed by atoms with Gasteiger partial charge in [0.05, 0.1) is 5.69 Å². The molecule has 2 rings (SSSR count). The Morgan fingerprint density at radius 1 is 1.35 bits per heavy atom. The second-order valence-electron chi connectivity index (χ2n) is 6.27. The summed E-state index contributed by atoms with van der Waals surface area (Å²) in [5.74, 6) is 2.52. The number of piperidine rings is 1. The van der Waals surface area contributed by atoms with Gasteiger partial charge in [0, 0.05) is 19.6 Å². The minimum atomic E-state index is 0.668. The molecule has 1 aromatic rings. The van der Waals surface area contributed by atoms with Gasteiger partial charge in [-0.2, -0.15) is 5.10 Å². The van der Waals surface area contributed by atoms with Crippen molar-refractivity contribution in [3.63, 3.8) is 0 Å². The van der Waals surface area contributed by atoms with E-state index in [4.69, 9.17) is 0 Å². The minimum absolute atomic E-state index is 0.668. The molecule has 0 aromatic carbocycles. The topological polar surface area (TPSA) is 41.0 Å². The second-order valence-corrected chi connectivity index (χ2v) is 6.27. The SMILES string of the molecule is CCC1CCCN(c2ccc(CNCC(C)C)nn2)C1. The Hall–Kier alpha value is -1.16. The van der Waals surface area contributed by atoms with Crippen molar-refractivity contribution in [1.82, 2.24) is 15.5 Å². The molecule has 0 saturated carbocycles. The summed E-state index contributed by atoms with van der Waals surface area (Å²) >= 11 is 0. The van der Waals surface area contributed by atoms with Gasteiger partial charge < -0.3 is 10.2 Å². The molecule has 0 aliphatic carbocycles. The van der Waals surface area contributed by atoms with Crippen LogP contribution in [0.2, 0.25) is 0 Å². The van der Waals surface area contributed by atoms with Crippen molar-refractivity contribution >= 4 is 5.82 Å². The molecule has 1 saturated heterocycles. The van der Waals surface area contributed by atoms with Crippen LogP contribution in [-0.4, -0.2) is 29.8 Å². The molecule has 1 aliphatic rings. The van der Waals surface area contributed by atoms with Crippen molar-refractivity contribution in [3.8, 4) is 0 Å². The molecule has 2 heterocycles. The van der Waals surface area contributed by atoms with Gasteiger partial charge in [-0.3, -0.25) is 0 Å². The van der Waals surface area contributed by atoms with Gasteiger partial charge >= 0.3 is 0 Å². The van der Waals surface area contributed by atoms with Gasteiger partial charge in [-0.15, -0.1) is 5.10 Å². The summed E-state index contributed by atoms with van der Waals surface area (Å²) in [6.07, 6.45) is 3.90. The summed E-state index contributed by atoms with van der Waals surface area (Å²) in [7, 11) is 0. The van der Waals surface area contributed by atoms with Gasteiger partial charge in [0.2, 0.25) is 0 Å². The van der Waals surface area contributed by atoms with Crippen LogP contribution in [0.1, 0.15) is 45.7 Å². The zero-order valence-electron chi connectivity index (χ0n) is 13.1. The molecule has 1 unspecified atom stereocenters. The predicted molar refractivity (Wildman–Crippen MR) is 83.8 cm³/mol. The highest BCUT2D eigenvalue weighted by atomic mass is 15.3. The van der Waals surface area contributed by atoms with Crippen molar-refractivity contribution in [2.75, 3.05) is 24.5 Å². The highest BCUT2D eigenvalue weighted by molar-refractivity contribution is 5.37. The van der Waals surface area contributed by atoms with Gasteiger partial charge in [0.1, 0.15) is 0 Å². The van der Waals surface area contributed by atoms with Gasteiger partial charge in [-0.05, 0) is 43.4 Å². The largest absolute Gasteiger partial charge is 0.355 e. The molecule has 4 nitrogen and oxygen atoms in total. The zero-order valence-corrected chi connectivity index (χ0v) is 13.1. The number of anilines is 1. The fourth-order valence-corrected chi connectivity index (χ4v) is 2.71. The highest BCUT2D eigenvalue weighted by Crippen LogP contribution is 2.22. The van der Waals surface area contributed by atoms with E-state index in [1.54, 1.807) is 0 Å². The van der Waals surface area contributed by atoms with E-state index >= 15 is 0 Å². The van der Waals surface area contributed by atoms with Crippen LogP contribution in [0.4, 0.5) is 5.82 Å². The number of aromatic nitrogens is 2. The van der Waals surface area contributed by atoms with Crippen molar-refractivity contribution in [2.45, 2.75) is 46.6 Å². The first-order valence-corrected chi connectivity index (χ1v) is 7.97. The van der Waals surface area contributed by atoms with Gasteiger partial charge in [0.25, 0.3) is 0 Å². The number of nitrogens with zero attached hydrogens (tertiary/aromatic N) is 3. The summed E-state index contributed by atoms with van der Waals surface area (Å²) in [4.78, 5) is 2.38. The maximum Gasteiger partial charge on any atom is 0.151 e. The number of rotatable bonds is 6. The van der Waals surface area contributed by atoms with E-state index in [2.05, 4.69) is 53.3 Å². The van der Waals surface area contributed by atoms with Gasteiger partial charge in [0.15, 0.2) is 5.82 Å². The third-order valence-corrected chi connectivity index (χ3v) is 3.98. The molecule has 0 spiro atoms. The second kappa shape index (κ2) is 7.58. The summed E-state index contributed by atoms with van der Waals surface area (Å²) in [6.45, 7) is 10.8. The van der Waals surface area contributed by atoms with Crippen LogP contribution in [0.15, 0.2) is 12.1 Å². The van der Waals surface area contributed by atoms with Crippen molar-refractivity contribution in [1.29, 1.82) is 0 Å². The Balaban J connectivity index is 1.87. The van der Waals surface area contributed by atoms with Crippen LogP contribution in [0.5, 0.6) is 0 Å². The first-order chi connectivity index (χ1) is 9.69. The lowest BCUT2D eigenvalue weighted by Crippen LogP contribution is -2.35. The van der Waals surface area contributed by atoms with E-state index in [-0.39, 0.29) is 0 Å². The third-order valence-electron chi connectivity index (χ3n) is 3.98. The summed E-state index contributed by atoms with van der Waals surface area (Å²) < 4.78 is 0. The van der Waals surface area contributed by atoms with E-state index in [0.29, 0.717) is 5.92 Å². The smallest absolute Gasteiger partial charge is 0.151 e. The van der Waals surface area contributed by atoms with Crippen LogP contribution >= 0.6 is 0 Å². The zero-order chi connectivity index (χ0) is 14.4. The van der Waals surface area contributed by atoms with Gasteiger partial charge in [-0.1, -0.05) is 27.2 Å². The molecule has 20 heavy (non-hydrogen) atoms. The lowest BCUT2D eigenvalue weighted by Gasteiger charge is -2.32. The molecule has 0 amide bonds. The van der Waals surface area contributed by atoms with Crippen molar-refractivity contribution in [2.24, 2.45) is 11.8 Å². The quantitative estimate of drug-likeness (QED) is 0.867. The minimum Gasteiger partial charge on any atom is -0.355 e. The highest BCUT2D eigenvalue weighted by Gasteiger charge is 2.19. The molecule has 1 N–H and O–H groups in total. The third kappa shape index (κ3) is 4.44. The first kappa shape index (κ1) is 15.2. The van der Waals surface area contributed by atoms with Gasteiger partial charge in [-0.25, -0.2) is 0 Å². The lowest BCUT2D eigenvalue weighted by atomic mass is 9.96. The van der Waals surface area contributed by atoms with Crippen molar-refractivity contribution < 1.29 is 0 Å². The maximum atomic E-state index is 4.40. The van der Waals surface area contributed by atoms with E-state index in [9.17, 15) is 0 Å². The molecule has 0 bridgehead atoms.